The summed E-state index contributed by atoms with van der Waals surface area (Å²) in [5, 5.41) is 6.14. The zero-order valence-corrected chi connectivity index (χ0v) is 13.7. The number of benzene rings is 2. The largest absolute Gasteiger partial charge is 0.375 e. The van der Waals surface area contributed by atoms with E-state index >= 15 is 0 Å². The third kappa shape index (κ3) is 4.33. The molecule has 1 amide bonds. The van der Waals surface area contributed by atoms with Crippen molar-refractivity contribution < 1.29 is 9.18 Å². The lowest BCUT2D eigenvalue weighted by Crippen LogP contribution is -2.22. The molecule has 0 spiro atoms. The summed E-state index contributed by atoms with van der Waals surface area (Å²) in [5.41, 5.74) is 0.835. The Kier molecular flexibility index (Phi) is 5.45. The predicted molar refractivity (Wildman–Crippen MR) is 87.7 cm³/mol. The van der Waals surface area contributed by atoms with Gasteiger partial charge in [-0.3, -0.25) is 4.79 Å². The number of halogens is 4. The maximum Gasteiger partial charge on any atom is 0.243 e. The molecule has 0 aliphatic rings. The van der Waals surface area contributed by atoms with Crippen molar-refractivity contribution in [1.82, 2.24) is 0 Å². The van der Waals surface area contributed by atoms with Gasteiger partial charge in [-0.15, -0.1) is 0 Å². The molecule has 0 saturated carbocycles. The first-order chi connectivity index (χ1) is 9.97. The minimum atomic E-state index is -0.393. The van der Waals surface area contributed by atoms with E-state index in [9.17, 15) is 9.18 Å². The third-order valence-corrected chi connectivity index (χ3v) is 3.92. The summed E-state index contributed by atoms with van der Waals surface area (Å²) >= 11 is 15.2. The Morgan fingerprint density at radius 1 is 1.19 bits per heavy atom. The first-order valence-corrected chi connectivity index (χ1v) is 7.45. The van der Waals surface area contributed by atoms with Crippen molar-refractivity contribution in [2.75, 3.05) is 17.2 Å². The van der Waals surface area contributed by atoms with Crippen molar-refractivity contribution in [2.45, 2.75) is 0 Å². The van der Waals surface area contributed by atoms with Gasteiger partial charge in [0.1, 0.15) is 5.82 Å². The van der Waals surface area contributed by atoms with Gasteiger partial charge in [0.25, 0.3) is 0 Å². The normalized spacial score (nSPS) is 10.3. The van der Waals surface area contributed by atoms with Crippen LogP contribution in [0.5, 0.6) is 0 Å². The number of hydrogen-bond donors (Lipinski definition) is 2. The highest BCUT2D eigenvalue weighted by molar-refractivity contribution is 9.10. The monoisotopic (exact) mass is 390 g/mol. The molecule has 2 rings (SSSR count). The van der Waals surface area contributed by atoms with E-state index in [1.54, 1.807) is 24.3 Å². The molecule has 2 aromatic carbocycles. The van der Waals surface area contributed by atoms with Crippen LogP contribution in [0.25, 0.3) is 0 Å². The average molecular weight is 392 g/mol. The molecule has 21 heavy (non-hydrogen) atoms. The fraction of sp³-hybridized carbons (Fsp3) is 0.0714. The number of anilines is 2. The van der Waals surface area contributed by atoms with Gasteiger partial charge in [0.2, 0.25) is 5.91 Å². The summed E-state index contributed by atoms with van der Waals surface area (Å²) in [7, 11) is 0. The Bertz CT molecular complexity index is 662. The van der Waals surface area contributed by atoms with E-state index in [1.807, 2.05) is 0 Å². The SMILES string of the molecule is O=C(CNc1cc(F)ccc1Br)Nc1c(Cl)cccc1Cl. The lowest BCUT2D eigenvalue weighted by atomic mass is 10.3. The molecule has 0 saturated heterocycles. The van der Waals surface area contributed by atoms with Crippen molar-refractivity contribution in [3.63, 3.8) is 0 Å². The van der Waals surface area contributed by atoms with Crippen molar-refractivity contribution in [3.8, 4) is 0 Å². The predicted octanol–water partition coefficient (Wildman–Crippen LogP) is 4.95. The van der Waals surface area contributed by atoms with E-state index in [1.165, 1.54) is 12.1 Å². The molecule has 0 fully saturated rings. The lowest BCUT2D eigenvalue weighted by Gasteiger charge is -2.11. The average Bonchev–Trinajstić information content (AvgIpc) is 2.44. The highest BCUT2D eigenvalue weighted by atomic mass is 79.9. The smallest absolute Gasteiger partial charge is 0.243 e. The van der Waals surface area contributed by atoms with Gasteiger partial charge in [-0.1, -0.05) is 29.3 Å². The number of rotatable bonds is 4. The molecule has 7 heteroatoms. The minimum absolute atomic E-state index is 0.0520. The molecule has 3 nitrogen and oxygen atoms in total. The number of nitrogens with one attached hydrogen (secondary N) is 2. The topological polar surface area (TPSA) is 41.1 Å². The van der Waals surface area contributed by atoms with Gasteiger partial charge in [-0.2, -0.15) is 0 Å². The third-order valence-electron chi connectivity index (χ3n) is 2.59. The Balaban J connectivity index is 2.01. The van der Waals surface area contributed by atoms with Crippen LogP contribution in [-0.2, 0) is 4.79 Å². The lowest BCUT2D eigenvalue weighted by molar-refractivity contribution is -0.114. The number of carbonyl (C=O) groups is 1. The van der Waals surface area contributed by atoms with Gasteiger partial charge >= 0.3 is 0 Å². The molecule has 0 heterocycles. The molecule has 0 atom stereocenters. The Morgan fingerprint density at radius 3 is 2.52 bits per heavy atom. The van der Waals surface area contributed by atoms with E-state index in [0.29, 0.717) is 25.9 Å². The maximum atomic E-state index is 13.1. The van der Waals surface area contributed by atoms with Crippen molar-refractivity contribution >= 4 is 56.4 Å². The molecule has 0 aromatic heterocycles. The number of amides is 1. The van der Waals surface area contributed by atoms with Gasteiger partial charge < -0.3 is 10.6 Å². The fourth-order valence-electron chi connectivity index (χ4n) is 1.61. The van der Waals surface area contributed by atoms with Crippen molar-refractivity contribution in [2.24, 2.45) is 0 Å². The zero-order chi connectivity index (χ0) is 15.4. The number of para-hydroxylation sites is 1. The van der Waals surface area contributed by atoms with Crippen LogP contribution < -0.4 is 10.6 Å². The van der Waals surface area contributed by atoms with Gasteiger partial charge in [0.05, 0.1) is 28.0 Å². The van der Waals surface area contributed by atoms with E-state index in [4.69, 9.17) is 23.2 Å². The van der Waals surface area contributed by atoms with Crippen LogP contribution in [0.4, 0.5) is 15.8 Å². The van der Waals surface area contributed by atoms with Gasteiger partial charge in [0.15, 0.2) is 0 Å². The van der Waals surface area contributed by atoms with E-state index in [-0.39, 0.29) is 12.5 Å². The van der Waals surface area contributed by atoms with Crippen LogP contribution in [0, 0.1) is 5.82 Å². The van der Waals surface area contributed by atoms with Crippen LogP contribution in [0.15, 0.2) is 40.9 Å². The molecular formula is C14H10BrCl2FN2O. The summed E-state index contributed by atoms with van der Waals surface area (Å²) < 4.78 is 13.8. The molecule has 110 valence electrons. The van der Waals surface area contributed by atoms with E-state index in [0.717, 1.165) is 0 Å². The highest BCUT2D eigenvalue weighted by Crippen LogP contribution is 2.29. The highest BCUT2D eigenvalue weighted by Gasteiger charge is 2.10. The Labute approximate surface area is 139 Å². The second-order valence-corrected chi connectivity index (χ2v) is 5.79. The number of carbonyl (C=O) groups excluding carboxylic acids is 1. The molecule has 2 N–H and O–H groups in total. The van der Waals surface area contributed by atoms with Crippen molar-refractivity contribution in [1.29, 1.82) is 0 Å². The first-order valence-electron chi connectivity index (χ1n) is 5.90. The zero-order valence-electron chi connectivity index (χ0n) is 10.6. The quantitative estimate of drug-likeness (QED) is 0.774. The fourth-order valence-corrected chi connectivity index (χ4v) is 2.49. The van der Waals surface area contributed by atoms with Crippen LogP contribution in [0.1, 0.15) is 0 Å². The summed E-state index contributed by atoms with van der Waals surface area (Å²) in [4.78, 5) is 11.9. The van der Waals surface area contributed by atoms with Crippen LogP contribution in [-0.4, -0.2) is 12.5 Å². The van der Waals surface area contributed by atoms with Crippen LogP contribution >= 0.6 is 39.1 Å². The molecule has 2 aromatic rings. The standard InChI is InChI=1S/C14H10BrCl2FN2O/c15-9-5-4-8(18)6-12(9)19-7-13(21)20-14-10(16)2-1-3-11(14)17/h1-6,19H,7H2,(H,20,21). The summed E-state index contributed by atoms with van der Waals surface area (Å²) in [6.45, 7) is -0.0520. The van der Waals surface area contributed by atoms with Gasteiger partial charge in [-0.05, 0) is 46.3 Å². The summed E-state index contributed by atoms with van der Waals surface area (Å²) in [5.74, 6) is -0.739. The Hall–Kier alpha value is -1.30. The second-order valence-electron chi connectivity index (χ2n) is 4.12. The first kappa shape index (κ1) is 16.1. The molecule has 0 radical (unpaired) electrons. The summed E-state index contributed by atoms with van der Waals surface area (Å²) in [6, 6.07) is 9.10. The molecule has 0 bridgehead atoms. The van der Waals surface area contributed by atoms with Crippen LogP contribution in [0.3, 0.4) is 0 Å². The van der Waals surface area contributed by atoms with E-state index in [2.05, 4.69) is 26.6 Å². The van der Waals surface area contributed by atoms with Gasteiger partial charge in [0, 0.05) is 4.47 Å². The summed E-state index contributed by atoms with van der Waals surface area (Å²) in [6.07, 6.45) is 0. The van der Waals surface area contributed by atoms with Gasteiger partial charge in [-0.25, -0.2) is 4.39 Å². The molecule has 0 aliphatic heterocycles. The van der Waals surface area contributed by atoms with Crippen molar-refractivity contribution in [3.05, 3.63) is 56.7 Å². The Morgan fingerprint density at radius 2 is 1.86 bits per heavy atom. The number of hydrogen-bond acceptors (Lipinski definition) is 2. The van der Waals surface area contributed by atoms with E-state index < -0.39 is 5.82 Å². The minimum Gasteiger partial charge on any atom is -0.375 e. The maximum absolute atomic E-state index is 13.1. The van der Waals surface area contributed by atoms with Crippen LogP contribution in [0.2, 0.25) is 10.0 Å². The molecular weight excluding hydrogens is 382 g/mol. The second kappa shape index (κ2) is 7.11. The molecule has 0 aliphatic carbocycles. The molecule has 0 unspecified atom stereocenters.